The van der Waals surface area contributed by atoms with Gasteiger partial charge in [-0.05, 0) is 31.0 Å². The van der Waals surface area contributed by atoms with Gasteiger partial charge in [0, 0.05) is 29.7 Å². The van der Waals surface area contributed by atoms with Gasteiger partial charge in [-0.1, -0.05) is 42.5 Å². The van der Waals surface area contributed by atoms with Crippen molar-refractivity contribution in [2.75, 3.05) is 18.0 Å². The molecular formula is C26H25N6+. The van der Waals surface area contributed by atoms with Gasteiger partial charge in [-0.15, -0.1) is 10.0 Å². The number of hydrogen-bond acceptors (Lipinski definition) is 5. The third-order valence-electron chi connectivity index (χ3n) is 6.48. The largest absolute Gasteiger partial charge is 0.371 e. The number of aliphatic imine (C=N–C) groups is 2. The van der Waals surface area contributed by atoms with E-state index >= 15 is 0 Å². The summed E-state index contributed by atoms with van der Waals surface area (Å²) in [5.41, 5.74) is 9.28. The van der Waals surface area contributed by atoms with Crippen molar-refractivity contribution in [2.45, 2.75) is 18.9 Å². The van der Waals surface area contributed by atoms with Crippen molar-refractivity contribution < 1.29 is 4.59 Å². The van der Waals surface area contributed by atoms with Crippen LogP contribution in [0.25, 0.3) is 22.2 Å². The van der Waals surface area contributed by atoms with Crippen molar-refractivity contribution in [3.8, 4) is 11.3 Å². The van der Waals surface area contributed by atoms with Crippen LogP contribution >= 0.6 is 0 Å². The molecule has 1 atom stereocenters. The standard InChI is InChI=1S/C26H25N6/c1-2-4-20(5-3-1)25-9-7-21-6-8-23(16-26(21)29-25)31-13-10-22(11-14-31)30-32-15-12-27-17-24(32)18-28-19-32/h1-9,12,15-19,22,30H,10-11,13-14H2/q+1. The molecule has 0 saturated carbocycles. The number of pyridine rings is 1. The van der Waals surface area contributed by atoms with Crippen LogP contribution in [-0.4, -0.2) is 41.3 Å². The highest BCUT2D eigenvalue weighted by Crippen LogP contribution is 2.28. The molecule has 4 heterocycles. The van der Waals surface area contributed by atoms with Gasteiger partial charge in [0.05, 0.1) is 35.9 Å². The van der Waals surface area contributed by atoms with Gasteiger partial charge in [-0.25, -0.2) is 9.98 Å². The molecule has 6 heteroatoms. The van der Waals surface area contributed by atoms with Crippen molar-refractivity contribution >= 4 is 29.1 Å². The molecule has 2 aromatic carbocycles. The lowest BCUT2D eigenvalue weighted by molar-refractivity contribution is -0.787. The summed E-state index contributed by atoms with van der Waals surface area (Å²) < 4.78 is 0.469. The minimum Gasteiger partial charge on any atom is -0.371 e. The van der Waals surface area contributed by atoms with Crippen LogP contribution in [0.1, 0.15) is 12.8 Å². The monoisotopic (exact) mass is 421 g/mol. The highest BCUT2D eigenvalue weighted by Gasteiger charge is 2.37. The Labute approximate surface area is 187 Å². The normalized spacial score (nSPS) is 22.4. The molecule has 1 saturated heterocycles. The van der Waals surface area contributed by atoms with E-state index in [1.807, 2.05) is 37.2 Å². The second kappa shape index (κ2) is 7.82. The molecule has 0 radical (unpaired) electrons. The van der Waals surface area contributed by atoms with Crippen molar-refractivity contribution in [1.29, 1.82) is 0 Å². The van der Waals surface area contributed by atoms with E-state index in [2.05, 4.69) is 74.9 Å². The van der Waals surface area contributed by atoms with Crippen LogP contribution in [0, 0.1) is 0 Å². The van der Waals surface area contributed by atoms with E-state index in [1.54, 1.807) is 0 Å². The van der Waals surface area contributed by atoms with E-state index in [1.165, 1.54) is 11.1 Å². The van der Waals surface area contributed by atoms with E-state index in [-0.39, 0.29) is 0 Å². The number of aromatic nitrogens is 1. The summed E-state index contributed by atoms with van der Waals surface area (Å²) in [6, 6.07) is 21.7. The molecule has 0 amide bonds. The zero-order valence-electron chi connectivity index (χ0n) is 17.8. The van der Waals surface area contributed by atoms with Crippen LogP contribution in [-0.2, 0) is 0 Å². The zero-order chi connectivity index (χ0) is 21.4. The lowest BCUT2D eigenvalue weighted by Crippen LogP contribution is -2.58. The molecule has 158 valence electrons. The number of quaternary nitrogens is 1. The van der Waals surface area contributed by atoms with Crippen LogP contribution in [0.5, 0.6) is 0 Å². The number of nitrogens with zero attached hydrogens (tertiary/aromatic N) is 5. The second-order valence-corrected chi connectivity index (χ2v) is 8.50. The summed E-state index contributed by atoms with van der Waals surface area (Å²) in [6.45, 7) is 2.02. The van der Waals surface area contributed by atoms with Crippen LogP contribution in [0.4, 0.5) is 5.69 Å². The molecule has 3 aromatic rings. The van der Waals surface area contributed by atoms with Gasteiger partial charge in [0.2, 0.25) is 6.34 Å². The fourth-order valence-electron chi connectivity index (χ4n) is 4.69. The molecule has 0 aliphatic carbocycles. The number of allylic oxidation sites excluding steroid dienone is 1. The minimum absolute atomic E-state index is 0.415. The summed E-state index contributed by atoms with van der Waals surface area (Å²) in [5, 5.41) is 1.17. The molecule has 1 N–H and O–H groups in total. The molecule has 0 bridgehead atoms. The third kappa shape index (κ3) is 3.43. The van der Waals surface area contributed by atoms with Crippen LogP contribution in [0.15, 0.2) is 94.9 Å². The second-order valence-electron chi connectivity index (χ2n) is 8.50. The topological polar surface area (TPSA) is 52.9 Å². The summed E-state index contributed by atoms with van der Waals surface area (Å²) in [5.74, 6) is 0. The first-order valence-corrected chi connectivity index (χ1v) is 11.1. The first-order chi connectivity index (χ1) is 15.8. The van der Waals surface area contributed by atoms with Gasteiger partial charge in [0.15, 0.2) is 5.70 Å². The Morgan fingerprint density at radius 2 is 1.78 bits per heavy atom. The Bertz CT molecular complexity index is 1270. The summed E-state index contributed by atoms with van der Waals surface area (Å²) in [6.07, 6.45) is 11.7. The number of hydrogen-bond donors (Lipinski definition) is 1. The maximum Gasteiger partial charge on any atom is 0.219 e. The molecule has 1 aromatic heterocycles. The Kier molecular flexibility index (Phi) is 4.67. The van der Waals surface area contributed by atoms with E-state index in [0.717, 1.165) is 48.4 Å². The first-order valence-electron chi connectivity index (χ1n) is 11.1. The van der Waals surface area contributed by atoms with Crippen molar-refractivity contribution in [3.05, 3.63) is 85.0 Å². The molecular weight excluding hydrogens is 396 g/mol. The Morgan fingerprint density at radius 3 is 2.66 bits per heavy atom. The highest BCUT2D eigenvalue weighted by molar-refractivity contribution is 5.85. The Morgan fingerprint density at radius 1 is 0.938 bits per heavy atom. The summed E-state index contributed by atoms with van der Waals surface area (Å²) in [7, 11) is 0. The quantitative estimate of drug-likeness (QED) is 0.625. The molecule has 3 aliphatic rings. The fraction of sp³-hybridized carbons (Fsp3) is 0.192. The molecule has 1 fully saturated rings. The van der Waals surface area contributed by atoms with Crippen molar-refractivity contribution in [1.82, 2.24) is 10.4 Å². The van der Waals surface area contributed by atoms with Crippen LogP contribution in [0.2, 0.25) is 0 Å². The zero-order valence-corrected chi connectivity index (χ0v) is 17.8. The van der Waals surface area contributed by atoms with Gasteiger partial charge < -0.3 is 4.90 Å². The maximum absolute atomic E-state index is 4.95. The van der Waals surface area contributed by atoms with E-state index in [0.29, 0.717) is 10.6 Å². The fourth-order valence-corrected chi connectivity index (χ4v) is 4.69. The number of rotatable bonds is 4. The minimum atomic E-state index is 0.415. The SMILES string of the molecule is C1=C[N+]2(NC3CCN(c4ccc5ccc(-c6ccccc6)nc5c4)CC3)C=NC=C2C=N1. The van der Waals surface area contributed by atoms with E-state index < -0.39 is 0 Å². The first kappa shape index (κ1) is 19.1. The number of fused-ring (bicyclic) bond motifs is 2. The average Bonchev–Trinajstić information content (AvgIpc) is 3.28. The van der Waals surface area contributed by atoms with Gasteiger partial charge in [-0.2, -0.15) is 0 Å². The molecule has 6 nitrogen and oxygen atoms in total. The highest BCUT2D eigenvalue weighted by atomic mass is 15.7. The third-order valence-corrected chi connectivity index (χ3v) is 6.48. The smallest absolute Gasteiger partial charge is 0.219 e. The number of piperidine rings is 1. The van der Waals surface area contributed by atoms with Gasteiger partial charge >= 0.3 is 0 Å². The summed E-state index contributed by atoms with van der Waals surface area (Å²) in [4.78, 5) is 16.0. The van der Waals surface area contributed by atoms with Crippen molar-refractivity contribution in [3.63, 3.8) is 0 Å². The van der Waals surface area contributed by atoms with Gasteiger partial charge in [-0.3, -0.25) is 4.99 Å². The van der Waals surface area contributed by atoms with E-state index in [4.69, 9.17) is 4.98 Å². The number of nitrogens with one attached hydrogen (secondary N) is 1. The summed E-state index contributed by atoms with van der Waals surface area (Å²) >= 11 is 0. The lowest BCUT2D eigenvalue weighted by atomic mass is 10.0. The Hall–Kier alpha value is -3.61. The van der Waals surface area contributed by atoms with Gasteiger partial charge in [0.25, 0.3) is 0 Å². The number of anilines is 1. The predicted molar refractivity (Wildman–Crippen MR) is 130 cm³/mol. The molecule has 1 unspecified atom stereocenters. The molecule has 6 rings (SSSR count). The number of benzene rings is 2. The Balaban J connectivity index is 1.17. The molecule has 3 aliphatic heterocycles. The lowest BCUT2D eigenvalue weighted by Gasteiger charge is -2.37. The predicted octanol–water partition coefficient (Wildman–Crippen LogP) is 4.63. The molecule has 32 heavy (non-hydrogen) atoms. The maximum atomic E-state index is 4.95. The van der Waals surface area contributed by atoms with Crippen LogP contribution < -0.4 is 10.3 Å². The van der Waals surface area contributed by atoms with E-state index in [9.17, 15) is 0 Å². The van der Waals surface area contributed by atoms with Crippen LogP contribution in [0.3, 0.4) is 0 Å². The molecule has 0 spiro atoms. The van der Waals surface area contributed by atoms with Crippen molar-refractivity contribution in [2.24, 2.45) is 9.98 Å². The van der Waals surface area contributed by atoms with Gasteiger partial charge in [0.1, 0.15) is 6.20 Å². The average molecular weight is 422 g/mol.